The summed E-state index contributed by atoms with van der Waals surface area (Å²) in [5, 5.41) is 20.0. The van der Waals surface area contributed by atoms with E-state index in [1.807, 2.05) is 36.1 Å². The Morgan fingerprint density at radius 1 is 1.43 bits per heavy atom. The zero-order valence-electron chi connectivity index (χ0n) is 20.2. The van der Waals surface area contributed by atoms with E-state index in [9.17, 15) is 28.4 Å². The number of rotatable bonds is 11. The van der Waals surface area contributed by atoms with E-state index in [1.54, 1.807) is 16.6 Å². The highest BCUT2D eigenvalue weighted by Gasteiger charge is 2.53. The van der Waals surface area contributed by atoms with Gasteiger partial charge in [0.2, 0.25) is 16.7 Å². The summed E-state index contributed by atoms with van der Waals surface area (Å²) in [6, 6.07) is 2.58. The fraction of sp³-hybridized carbons (Fsp3) is 0.250. The lowest BCUT2D eigenvalue weighted by Crippen LogP contribution is -2.71. The van der Waals surface area contributed by atoms with Gasteiger partial charge in [-0.15, -0.1) is 11.8 Å². The summed E-state index contributed by atoms with van der Waals surface area (Å²) in [5.41, 5.74) is -0.645. The minimum atomic E-state index is -4.73. The standard InChI is InChI=1S/C20H19FN7O8PS3/c1-27-5-2-11(3-6-27)38-7-4-10-8-39-18-13(17(30)28(18)14(10)19(31)32)22-16(29)12(24-36-9-21)15-23-20(40-26-15)25-37(33,34)35/h2-7,13,18H,8-9H2,1H3,(H4-,22,23,25,26,29,31,32,33,34,35)/b7-4+,24-12-/t13-,18-/m1/s1. The molecule has 1 saturated heterocycles. The van der Waals surface area contributed by atoms with E-state index in [-0.39, 0.29) is 16.6 Å². The Labute approximate surface area is 237 Å². The van der Waals surface area contributed by atoms with Crippen molar-refractivity contribution in [2.75, 3.05) is 17.7 Å². The van der Waals surface area contributed by atoms with Gasteiger partial charge in [0.15, 0.2) is 12.4 Å². The minimum Gasteiger partial charge on any atom is -0.543 e. The molecule has 4 heterocycles. The Morgan fingerprint density at radius 3 is 2.80 bits per heavy atom. The predicted octanol–water partition coefficient (Wildman–Crippen LogP) is -0.775. The SMILES string of the molecule is C[n+]1ccc(S/C=C/C2=C(C(=O)[O-])N3C(=O)[C@@H](NC(=O)/C(=N\OCF)c4nsc(NP(=O)(O)O)n4)[C@H]3SC2)cc1. The third kappa shape index (κ3) is 6.86. The molecule has 0 unspecified atom stereocenters. The summed E-state index contributed by atoms with van der Waals surface area (Å²) >= 11 is 3.04. The third-order valence-corrected chi connectivity index (χ3v) is 8.60. The van der Waals surface area contributed by atoms with Gasteiger partial charge in [-0.1, -0.05) is 16.9 Å². The fourth-order valence-electron chi connectivity index (χ4n) is 3.49. The number of aliphatic carboxylic acids is 1. The van der Waals surface area contributed by atoms with E-state index in [0.717, 1.165) is 9.80 Å². The number of aryl methyl sites for hydroxylation is 1. The van der Waals surface area contributed by atoms with Crippen LogP contribution in [0.3, 0.4) is 0 Å². The van der Waals surface area contributed by atoms with Crippen LogP contribution in [-0.2, 0) is 30.8 Å². The smallest absolute Gasteiger partial charge is 0.429 e. The first-order valence-electron chi connectivity index (χ1n) is 10.9. The summed E-state index contributed by atoms with van der Waals surface area (Å²) in [4.78, 5) is 65.8. The summed E-state index contributed by atoms with van der Waals surface area (Å²) in [6.45, 7) is -1.42. The number of amides is 2. The molecule has 2 atom stereocenters. The van der Waals surface area contributed by atoms with Crippen LogP contribution in [-0.4, -0.2) is 71.6 Å². The number of nitrogens with one attached hydrogen (secondary N) is 2. The minimum absolute atomic E-state index is 0.196. The lowest BCUT2D eigenvalue weighted by Gasteiger charge is -2.50. The van der Waals surface area contributed by atoms with Gasteiger partial charge in [-0.3, -0.25) is 19.6 Å². The number of alkyl halides is 1. The highest BCUT2D eigenvalue weighted by atomic mass is 32.2. The number of anilines is 1. The molecule has 15 nitrogen and oxygen atoms in total. The van der Waals surface area contributed by atoms with Crippen LogP contribution in [0.2, 0.25) is 0 Å². The second-order valence-electron chi connectivity index (χ2n) is 7.90. The average molecular weight is 632 g/mol. The van der Waals surface area contributed by atoms with Crippen molar-refractivity contribution in [1.29, 1.82) is 0 Å². The molecule has 0 radical (unpaired) electrons. The number of thioether (sulfide) groups is 2. The summed E-state index contributed by atoms with van der Waals surface area (Å²) in [6.07, 6.45) is 5.30. The molecule has 212 valence electrons. The van der Waals surface area contributed by atoms with E-state index >= 15 is 0 Å². The summed E-state index contributed by atoms with van der Waals surface area (Å²) in [5.74, 6) is -3.62. The lowest BCUT2D eigenvalue weighted by atomic mass is 10.0. The number of carboxylic acids is 1. The van der Waals surface area contributed by atoms with E-state index < -0.39 is 55.3 Å². The molecule has 4 N–H and O–H groups in total. The number of carbonyl (C=O) groups is 3. The van der Waals surface area contributed by atoms with Crippen LogP contribution in [0.15, 0.2) is 57.3 Å². The number of β-lactam (4-membered cyclic amide) rings is 1. The molecule has 2 aliphatic rings. The Hall–Kier alpha value is -3.35. The molecule has 0 bridgehead atoms. The van der Waals surface area contributed by atoms with Gasteiger partial charge in [-0.25, -0.2) is 13.5 Å². The maximum atomic E-state index is 12.9. The topological polar surface area (TPSA) is 210 Å². The second-order valence-corrected chi connectivity index (χ2v) is 12.0. The maximum absolute atomic E-state index is 12.9. The molecule has 1 fully saturated rings. The molecule has 0 aliphatic carbocycles. The first-order valence-corrected chi connectivity index (χ1v) is 15.2. The number of pyridine rings is 1. The Morgan fingerprint density at radius 2 is 2.15 bits per heavy atom. The highest BCUT2D eigenvalue weighted by molar-refractivity contribution is 8.02. The molecule has 2 aliphatic heterocycles. The number of aromatic nitrogens is 3. The molecule has 0 aromatic carbocycles. The number of fused-ring (bicyclic) bond motifs is 1. The number of nitrogens with zero attached hydrogens (tertiary/aromatic N) is 5. The third-order valence-electron chi connectivity index (χ3n) is 5.20. The van der Waals surface area contributed by atoms with Crippen LogP contribution >= 0.6 is 42.8 Å². The highest BCUT2D eigenvalue weighted by Crippen LogP contribution is 2.41. The maximum Gasteiger partial charge on any atom is 0.429 e. The molecule has 4 rings (SSSR count). The van der Waals surface area contributed by atoms with Gasteiger partial charge in [0.05, 0.1) is 11.7 Å². The van der Waals surface area contributed by atoms with Gasteiger partial charge in [-0.2, -0.15) is 9.36 Å². The largest absolute Gasteiger partial charge is 0.543 e. The van der Waals surface area contributed by atoms with Gasteiger partial charge in [0.1, 0.15) is 18.5 Å². The summed E-state index contributed by atoms with van der Waals surface area (Å²) in [7, 11) is -2.85. The number of halogens is 1. The van der Waals surface area contributed by atoms with Crippen molar-refractivity contribution in [3.63, 3.8) is 0 Å². The number of carboxylic acid groups (broad SMARTS) is 1. The number of hydrogen-bond donors (Lipinski definition) is 4. The van der Waals surface area contributed by atoms with Gasteiger partial charge in [-0.05, 0) is 17.1 Å². The van der Waals surface area contributed by atoms with Crippen LogP contribution in [0.5, 0.6) is 0 Å². The van der Waals surface area contributed by atoms with E-state index in [0.29, 0.717) is 17.1 Å². The van der Waals surface area contributed by atoms with Crippen molar-refractivity contribution in [3.8, 4) is 0 Å². The Bertz CT molecular complexity index is 1460. The second kappa shape index (κ2) is 12.4. The zero-order valence-corrected chi connectivity index (χ0v) is 23.5. The van der Waals surface area contributed by atoms with Crippen LogP contribution < -0.4 is 20.1 Å². The molecule has 20 heteroatoms. The van der Waals surface area contributed by atoms with Gasteiger partial charge in [0, 0.05) is 34.3 Å². The van der Waals surface area contributed by atoms with E-state index in [4.69, 9.17) is 9.79 Å². The van der Waals surface area contributed by atoms with Crippen LogP contribution in [0.25, 0.3) is 0 Å². The molecule has 40 heavy (non-hydrogen) atoms. The average Bonchev–Trinajstić information content (AvgIpc) is 3.34. The van der Waals surface area contributed by atoms with Crippen molar-refractivity contribution in [3.05, 3.63) is 53.1 Å². The van der Waals surface area contributed by atoms with Crippen molar-refractivity contribution in [1.82, 2.24) is 19.6 Å². The number of allylic oxidation sites excluding steroid dienone is 1. The van der Waals surface area contributed by atoms with Crippen molar-refractivity contribution in [2.45, 2.75) is 16.3 Å². The monoisotopic (exact) mass is 631 g/mol. The van der Waals surface area contributed by atoms with E-state index in [1.165, 1.54) is 23.5 Å². The molecule has 2 amide bonds. The normalized spacial score (nSPS) is 19.4. The first kappa shape index (κ1) is 29.6. The van der Waals surface area contributed by atoms with Gasteiger partial charge in [0.25, 0.3) is 18.7 Å². The van der Waals surface area contributed by atoms with Crippen LogP contribution in [0, 0.1) is 0 Å². The molecule has 0 saturated carbocycles. The quantitative estimate of drug-likeness (QED) is 0.0600. The fourth-order valence-corrected chi connectivity index (χ4v) is 6.73. The lowest BCUT2D eigenvalue weighted by molar-refractivity contribution is -0.671. The van der Waals surface area contributed by atoms with Crippen LogP contribution in [0.4, 0.5) is 9.52 Å². The number of carbonyl (C=O) groups excluding carboxylic acids is 3. The molecule has 0 spiro atoms. The van der Waals surface area contributed by atoms with Crippen LogP contribution in [0.1, 0.15) is 5.82 Å². The van der Waals surface area contributed by atoms with Crippen molar-refractivity contribution < 1.29 is 47.6 Å². The Balaban J connectivity index is 1.48. The number of oxime groups is 1. The van der Waals surface area contributed by atoms with Crippen molar-refractivity contribution in [2.24, 2.45) is 12.2 Å². The predicted molar refractivity (Wildman–Crippen MR) is 139 cm³/mol. The first-order chi connectivity index (χ1) is 19.0. The summed E-state index contributed by atoms with van der Waals surface area (Å²) < 4.78 is 29.3. The zero-order chi connectivity index (χ0) is 29.0. The van der Waals surface area contributed by atoms with E-state index in [2.05, 4.69) is 24.7 Å². The molecular formula is C20H19FN7O8PS3. The molecule has 2 aromatic rings. The number of hydrogen-bond acceptors (Lipinski definition) is 12. The Kier molecular flexibility index (Phi) is 9.22. The van der Waals surface area contributed by atoms with Gasteiger partial charge >= 0.3 is 7.75 Å². The van der Waals surface area contributed by atoms with Gasteiger partial charge < -0.3 is 29.8 Å². The van der Waals surface area contributed by atoms with Crippen molar-refractivity contribution >= 4 is 71.4 Å². The molecular weight excluding hydrogens is 612 g/mol. The molecule has 2 aromatic heterocycles.